The lowest BCUT2D eigenvalue weighted by molar-refractivity contribution is -0.120. The van der Waals surface area contributed by atoms with Gasteiger partial charge in [-0.3, -0.25) is 4.79 Å². The van der Waals surface area contributed by atoms with Crippen molar-refractivity contribution >= 4 is 17.5 Å². The molecular formula is C20H19ClF3N3O2. The molecule has 0 saturated heterocycles. The van der Waals surface area contributed by atoms with Gasteiger partial charge in [-0.2, -0.15) is 0 Å². The Morgan fingerprint density at radius 3 is 2.41 bits per heavy atom. The van der Waals surface area contributed by atoms with Crippen molar-refractivity contribution in [1.29, 1.82) is 0 Å². The Morgan fingerprint density at radius 2 is 1.90 bits per heavy atom. The number of rotatable bonds is 6. The zero-order valence-corrected chi connectivity index (χ0v) is 16.1. The summed E-state index contributed by atoms with van der Waals surface area (Å²) in [4.78, 5) is 16.2. The Bertz CT molecular complexity index is 1020. The first kappa shape index (κ1) is 20.1. The molecule has 2 saturated carbocycles. The number of hydrogen-bond acceptors (Lipinski definition) is 4. The quantitative estimate of drug-likeness (QED) is 0.619. The summed E-state index contributed by atoms with van der Waals surface area (Å²) in [6.45, 7) is -0.189. The number of nitrogens with two attached hydrogens (primary N) is 2. The fraction of sp³-hybridized carbons (Fsp3) is 0.400. The molecule has 0 radical (unpaired) electrons. The van der Waals surface area contributed by atoms with Crippen LogP contribution in [0.4, 0.5) is 13.2 Å². The van der Waals surface area contributed by atoms with Gasteiger partial charge in [-0.1, -0.05) is 11.6 Å². The molecule has 2 aliphatic rings. The van der Waals surface area contributed by atoms with E-state index in [1.807, 2.05) is 0 Å². The van der Waals surface area contributed by atoms with Crippen molar-refractivity contribution in [3.63, 3.8) is 0 Å². The fourth-order valence-electron chi connectivity index (χ4n) is 3.80. The zero-order chi connectivity index (χ0) is 21.1. The standard InChI is InChI=1S/C20H19ClF3N3O2/c21-12-5-10(13(22)7-14(12)23)17-16(24)11(19(3-4-19)18(26)28)6-15(27-17)20(29,8-25)9-1-2-9/h5-7,9,29H,1-4,8,25H2,(H2,26,28)/t20-/m1/s1. The molecule has 5 nitrogen and oxygen atoms in total. The van der Waals surface area contributed by atoms with E-state index >= 15 is 4.39 Å². The van der Waals surface area contributed by atoms with E-state index in [1.54, 1.807) is 0 Å². The lowest BCUT2D eigenvalue weighted by Crippen LogP contribution is -2.39. The largest absolute Gasteiger partial charge is 0.382 e. The van der Waals surface area contributed by atoms with E-state index < -0.39 is 45.1 Å². The van der Waals surface area contributed by atoms with E-state index in [0.717, 1.165) is 6.07 Å². The Morgan fingerprint density at radius 1 is 1.24 bits per heavy atom. The van der Waals surface area contributed by atoms with Crippen LogP contribution in [0.25, 0.3) is 11.3 Å². The molecule has 1 aromatic heterocycles. The number of amides is 1. The highest BCUT2D eigenvalue weighted by molar-refractivity contribution is 6.31. The van der Waals surface area contributed by atoms with Gasteiger partial charge in [0.15, 0.2) is 5.82 Å². The number of aromatic nitrogens is 1. The predicted molar refractivity (Wildman–Crippen MR) is 100 cm³/mol. The van der Waals surface area contributed by atoms with Gasteiger partial charge in [0.1, 0.15) is 22.9 Å². The Hall–Kier alpha value is -2.16. The SMILES string of the molecule is NC[C@](O)(c1cc(C2(C(N)=O)CC2)c(F)c(-c2cc(Cl)c(F)cc2F)n1)C1CC1. The second-order valence-corrected chi connectivity index (χ2v) is 8.22. The summed E-state index contributed by atoms with van der Waals surface area (Å²) in [5.74, 6) is -3.94. The number of aliphatic hydroxyl groups is 1. The molecular weight excluding hydrogens is 407 g/mol. The van der Waals surface area contributed by atoms with Crippen molar-refractivity contribution < 1.29 is 23.1 Å². The number of halogens is 4. The van der Waals surface area contributed by atoms with Gasteiger partial charge in [0.25, 0.3) is 0 Å². The molecule has 2 aliphatic carbocycles. The second-order valence-electron chi connectivity index (χ2n) is 7.81. The molecule has 0 aliphatic heterocycles. The summed E-state index contributed by atoms with van der Waals surface area (Å²) in [5, 5.41) is 10.7. The smallest absolute Gasteiger partial charge is 0.228 e. The minimum absolute atomic E-state index is 0.0290. The van der Waals surface area contributed by atoms with Crippen LogP contribution in [-0.2, 0) is 15.8 Å². The molecule has 2 fully saturated rings. The van der Waals surface area contributed by atoms with Crippen molar-refractivity contribution in [3.8, 4) is 11.3 Å². The van der Waals surface area contributed by atoms with Crippen LogP contribution in [0.5, 0.6) is 0 Å². The zero-order valence-electron chi connectivity index (χ0n) is 15.3. The number of pyridine rings is 1. The minimum atomic E-state index is -1.56. The Labute approximate surface area is 169 Å². The third-order valence-corrected chi connectivity index (χ3v) is 6.26. The van der Waals surface area contributed by atoms with Crippen LogP contribution in [0.1, 0.15) is 36.9 Å². The van der Waals surface area contributed by atoms with Gasteiger partial charge in [0.2, 0.25) is 5.91 Å². The van der Waals surface area contributed by atoms with E-state index in [4.69, 9.17) is 23.1 Å². The number of hydrogen-bond donors (Lipinski definition) is 3. The van der Waals surface area contributed by atoms with Crippen molar-refractivity contribution in [2.45, 2.75) is 36.7 Å². The first-order chi connectivity index (χ1) is 13.6. The number of carbonyl (C=O) groups excluding carboxylic acids is 1. The van der Waals surface area contributed by atoms with Gasteiger partial charge in [0.05, 0.1) is 16.1 Å². The highest BCUT2D eigenvalue weighted by Crippen LogP contribution is 2.52. The summed E-state index contributed by atoms with van der Waals surface area (Å²) in [6.07, 6.45) is 2.04. The van der Waals surface area contributed by atoms with Gasteiger partial charge < -0.3 is 16.6 Å². The number of nitrogens with zero attached hydrogens (tertiary/aromatic N) is 1. The first-order valence-corrected chi connectivity index (χ1v) is 9.60. The van der Waals surface area contributed by atoms with E-state index in [1.165, 1.54) is 6.07 Å². The summed E-state index contributed by atoms with van der Waals surface area (Å²) in [7, 11) is 0. The third kappa shape index (κ3) is 3.10. The second kappa shape index (κ2) is 6.68. The molecule has 4 rings (SSSR count). The Balaban J connectivity index is 2.00. The lowest BCUT2D eigenvalue weighted by Gasteiger charge is -2.28. The van der Waals surface area contributed by atoms with Crippen LogP contribution in [0.3, 0.4) is 0 Å². The van der Waals surface area contributed by atoms with Crippen LogP contribution in [0, 0.1) is 23.4 Å². The summed E-state index contributed by atoms with van der Waals surface area (Å²) in [6, 6.07) is 2.75. The van der Waals surface area contributed by atoms with E-state index in [0.29, 0.717) is 31.7 Å². The maximum atomic E-state index is 15.5. The fourth-order valence-corrected chi connectivity index (χ4v) is 3.96. The van der Waals surface area contributed by atoms with E-state index in [2.05, 4.69) is 4.98 Å². The molecule has 1 heterocycles. The third-order valence-electron chi connectivity index (χ3n) is 5.97. The molecule has 1 atom stereocenters. The highest BCUT2D eigenvalue weighted by atomic mass is 35.5. The van der Waals surface area contributed by atoms with Crippen LogP contribution in [0.2, 0.25) is 5.02 Å². The molecule has 1 amide bonds. The average Bonchev–Trinajstić information content (AvgIpc) is 3.56. The summed E-state index contributed by atoms with van der Waals surface area (Å²) < 4.78 is 43.6. The number of benzene rings is 1. The van der Waals surface area contributed by atoms with Crippen LogP contribution in [0.15, 0.2) is 18.2 Å². The van der Waals surface area contributed by atoms with Crippen LogP contribution in [-0.4, -0.2) is 22.5 Å². The topological polar surface area (TPSA) is 102 Å². The lowest BCUT2D eigenvalue weighted by atomic mass is 9.87. The molecule has 0 spiro atoms. The summed E-state index contributed by atoms with van der Waals surface area (Å²) in [5.41, 5.74) is 7.58. The van der Waals surface area contributed by atoms with Crippen molar-refractivity contribution in [3.05, 3.63) is 51.9 Å². The van der Waals surface area contributed by atoms with Gasteiger partial charge in [-0.05, 0) is 43.7 Å². The maximum absolute atomic E-state index is 15.5. The van der Waals surface area contributed by atoms with E-state index in [-0.39, 0.29) is 29.3 Å². The molecule has 1 aromatic carbocycles. The molecule has 9 heteroatoms. The number of primary amides is 1. The average molecular weight is 426 g/mol. The highest BCUT2D eigenvalue weighted by Gasteiger charge is 2.54. The minimum Gasteiger partial charge on any atom is -0.382 e. The summed E-state index contributed by atoms with van der Waals surface area (Å²) >= 11 is 5.76. The normalized spacial score (nSPS) is 19.7. The predicted octanol–water partition coefficient (Wildman–Crippen LogP) is 2.89. The van der Waals surface area contributed by atoms with Crippen molar-refractivity contribution in [1.82, 2.24) is 4.98 Å². The molecule has 2 aromatic rings. The van der Waals surface area contributed by atoms with Crippen LogP contribution >= 0.6 is 11.6 Å². The molecule has 5 N–H and O–H groups in total. The van der Waals surface area contributed by atoms with E-state index in [9.17, 15) is 18.7 Å². The Kier molecular flexibility index (Phi) is 4.64. The monoisotopic (exact) mass is 425 g/mol. The van der Waals surface area contributed by atoms with Gasteiger partial charge in [-0.25, -0.2) is 18.2 Å². The molecule has 29 heavy (non-hydrogen) atoms. The van der Waals surface area contributed by atoms with Gasteiger partial charge in [-0.15, -0.1) is 0 Å². The molecule has 0 unspecified atom stereocenters. The van der Waals surface area contributed by atoms with Crippen LogP contribution < -0.4 is 11.5 Å². The van der Waals surface area contributed by atoms with Gasteiger partial charge >= 0.3 is 0 Å². The molecule has 0 bridgehead atoms. The van der Waals surface area contributed by atoms with Crippen molar-refractivity contribution in [2.24, 2.45) is 17.4 Å². The van der Waals surface area contributed by atoms with Gasteiger partial charge in [0, 0.05) is 23.7 Å². The van der Waals surface area contributed by atoms with Crippen molar-refractivity contribution in [2.75, 3.05) is 6.54 Å². The first-order valence-electron chi connectivity index (χ1n) is 9.23. The number of carbonyl (C=O) groups is 1. The molecule has 154 valence electrons. The maximum Gasteiger partial charge on any atom is 0.228 e.